The predicted octanol–water partition coefficient (Wildman–Crippen LogP) is 2.77. The Labute approximate surface area is 179 Å². The average molecular weight is 421 g/mol. The highest BCUT2D eigenvalue weighted by atomic mass is 32.1. The Kier molecular flexibility index (Phi) is 5.39. The number of carbonyl (C=O) groups excluding carboxylic acids is 1. The molecule has 4 aliphatic carbocycles. The van der Waals surface area contributed by atoms with Crippen molar-refractivity contribution in [1.29, 1.82) is 0 Å². The van der Waals surface area contributed by atoms with Gasteiger partial charge in [-0.1, -0.05) is 0 Å². The van der Waals surface area contributed by atoms with Gasteiger partial charge in [-0.15, -0.1) is 0 Å². The maximum absolute atomic E-state index is 12.9. The second-order valence-corrected chi connectivity index (χ2v) is 10.9. The van der Waals surface area contributed by atoms with Gasteiger partial charge in [-0.25, -0.2) is 4.79 Å². The van der Waals surface area contributed by atoms with E-state index in [-0.39, 0.29) is 17.6 Å². The largest absolute Gasteiger partial charge is 0.383 e. The zero-order valence-electron chi connectivity index (χ0n) is 17.6. The summed E-state index contributed by atoms with van der Waals surface area (Å²) in [5.41, 5.74) is 0.0886. The van der Waals surface area contributed by atoms with Gasteiger partial charge in [0.2, 0.25) is 0 Å². The van der Waals surface area contributed by atoms with Crippen molar-refractivity contribution in [1.82, 2.24) is 20.9 Å². The van der Waals surface area contributed by atoms with Crippen LogP contribution in [0.3, 0.4) is 0 Å². The van der Waals surface area contributed by atoms with Gasteiger partial charge in [-0.2, -0.15) is 0 Å². The standard InChI is InChI=1S/C22H36N4O2S/c1-28-5-4-23-21(29)26-18-2-3-19(26)10-17(9-18)24-20(27)25-22-11-14-6-15(12-22)8-16(7-14)13-22/h14-19H,2-13H2,1H3,(H,23,29)(H2,24,25,27)/t14?,15?,16?,18-,19-,22?/m0/s1. The number of hydrogen-bond acceptors (Lipinski definition) is 3. The molecule has 2 saturated heterocycles. The van der Waals surface area contributed by atoms with Gasteiger partial charge in [0.1, 0.15) is 0 Å². The second kappa shape index (κ2) is 7.88. The third-order valence-corrected chi connectivity index (χ3v) is 8.66. The summed E-state index contributed by atoms with van der Waals surface area (Å²) in [5, 5.41) is 11.0. The lowest BCUT2D eigenvalue weighted by molar-refractivity contribution is -0.0138. The van der Waals surface area contributed by atoms with Crippen molar-refractivity contribution in [3.8, 4) is 0 Å². The number of carbonyl (C=O) groups is 1. The maximum atomic E-state index is 12.9. The molecule has 4 saturated carbocycles. The molecular weight excluding hydrogens is 384 g/mol. The molecule has 6 bridgehead atoms. The number of rotatable bonds is 5. The first-order valence-electron chi connectivity index (χ1n) is 11.7. The number of methoxy groups -OCH3 is 1. The van der Waals surface area contributed by atoms with Crippen LogP contribution in [0.1, 0.15) is 64.2 Å². The lowest BCUT2D eigenvalue weighted by Crippen LogP contribution is -2.63. The summed E-state index contributed by atoms with van der Waals surface area (Å²) in [4.78, 5) is 15.3. The van der Waals surface area contributed by atoms with E-state index in [1.807, 2.05) is 0 Å². The van der Waals surface area contributed by atoms with E-state index in [2.05, 4.69) is 20.9 Å². The SMILES string of the molecule is COCCNC(=S)N1[C@H]2CC[C@H]1CC(NC(=O)NC13CC4CC(CC(C4)C1)C3)C2. The zero-order chi connectivity index (χ0) is 20.0. The van der Waals surface area contributed by atoms with Crippen LogP contribution in [0.5, 0.6) is 0 Å². The van der Waals surface area contributed by atoms with Gasteiger partial charge in [-0.3, -0.25) is 0 Å². The van der Waals surface area contributed by atoms with E-state index in [1.165, 1.54) is 51.4 Å². The number of fused-ring (bicyclic) bond motifs is 2. The van der Waals surface area contributed by atoms with Crippen LogP contribution >= 0.6 is 12.2 Å². The zero-order valence-corrected chi connectivity index (χ0v) is 18.4. The van der Waals surface area contributed by atoms with Crippen molar-refractivity contribution >= 4 is 23.4 Å². The number of ether oxygens (including phenoxy) is 1. The minimum atomic E-state index is 0.0746. The Morgan fingerprint density at radius 1 is 1.03 bits per heavy atom. The summed E-state index contributed by atoms with van der Waals surface area (Å²) in [6.07, 6.45) is 12.2. The Morgan fingerprint density at radius 2 is 1.62 bits per heavy atom. The van der Waals surface area contributed by atoms with Crippen LogP contribution in [0.4, 0.5) is 4.79 Å². The highest BCUT2D eigenvalue weighted by Gasteiger charge is 2.52. The molecule has 6 fully saturated rings. The normalized spacial score (nSPS) is 42.0. The first-order chi connectivity index (χ1) is 14.0. The van der Waals surface area contributed by atoms with Gasteiger partial charge >= 0.3 is 6.03 Å². The first-order valence-corrected chi connectivity index (χ1v) is 12.1. The van der Waals surface area contributed by atoms with Crippen LogP contribution in [0.2, 0.25) is 0 Å². The average Bonchev–Trinajstić information content (AvgIpc) is 2.91. The maximum Gasteiger partial charge on any atom is 0.315 e. The molecule has 0 aromatic rings. The number of piperidine rings is 1. The van der Waals surface area contributed by atoms with Crippen molar-refractivity contribution in [3.05, 3.63) is 0 Å². The molecule has 0 unspecified atom stereocenters. The van der Waals surface area contributed by atoms with E-state index >= 15 is 0 Å². The third kappa shape index (κ3) is 3.97. The van der Waals surface area contributed by atoms with E-state index in [1.54, 1.807) is 7.11 Å². The smallest absolute Gasteiger partial charge is 0.315 e. The molecule has 7 heteroatoms. The topological polar surface area (TPSA) is 65.6 Å². The van der Waals surface area contributed by atoms with E-state index in [0.29, 0.717) is 18.7 Å². The third-order valence-electron chi connectivity index (χ3n) is 8.30. The van der Waals surface area contributed by atoms with Crippen LogP contribution in [0, 0.1) is 17.8 Å². The van der Waals surface area contributed by atoms with Crippen molar-refractivity contribution in [2.75, 3.05) is 20.3 Å². The molecule has 2 aliphatic heterocycles. The molecule has 0 spiro atoms. The van der Waals surface area contributed by atoms with Crippen LogP contribution < -0.4 is 16.0 Å². The molecule has 6 rings (SSSR count). The monoisotopic (exact) mass is 420 g/mol. The van der Waals surface area contributed by atoms with E-state index in [4.69, 9.17) is 17.0 Å². The van der Waals surface area contributed by atoms with Crippen molar-refractivity contribution in [2.45, 2.75) is 87.9 Å². The molecule has 2 amide bonds. The van der Waals surface area contributed by atoms with Gasteiger partial charge < -0.3 is 25.6 Å². The molecule has 2 atom stereocenters. The molecule has 3 N–H and O–H groups in total. The first kappa shape index (κ1) is 19.9. The van der Waals surface area contributed by atoms with Gasteiger partial charge in [0.05, 0.1) is 6.61 Å². The van der Waals surface area contributed by atoms with Gasteiger partial charge in [-0.05, 0) is 94.2 Å². The predicted molar refractivity (Wildman–Crippen MR) is 117 cm³/mol. The Morgan fingerprint density at radius 3 is 2.17 bits per heavy atom. The van der Waals surface area contributed by atoms with Crippen molar-refractivity contribution in [2.24, 2.45) is 17.8 Å². The minimum Gasteiger partial charge on any atom is -0.383 e. The fourth-order valence-corrected chi connectivity index (χ4v) is 8.10. The van der Waals surface area contributed by atoms with E-state index in [0.717, 1.165) is 42.3 Å². The molecule has 6 nitrogen and oxygen atoms in total. The van der Waals surface area contributed by atoms with Crippen LogP contribution in [0.15, 0.2) is 0 Å². The molecule has 0 aromatic heterocycles. The van der Waals surface area contributed by atoms with Gasteiger partial charge in [0.15, 0.2) is 5.11 Å². The summed E-state index contributed by atoms with van der Waals surface area (Å²) >= 11 is 5.64. The van der Waals surface area contributed by atoms with Crippen LogP contribution in [-0.4, -0.2) is 60.0 Å². The lowest BCUT2D eigenvalue weighted by atomic mass is 9.53. The van der Waals surface area contributed by atoms with Crippen molar-refractivity contribution in [3.63, 3.8) is 0 Å². The van der Waals surface area contributed by atoms with E-state index in [9.17, 15) is 4.79 Å². The molecule has 29 heavy (non-hydrogen) atoms. The quantitative estimate of drug-likeness (QED) is 0.471. The van der Waals surface area contributed by atoms with Gasteiger partial charge in [0.25, 0.3) is 0 Å². The fourth-order valence-electron chi connectivity index (χ4n) is 7.70. The van der Waals surface area contributed by atoms with Gasteiger partial charge in [0, 0.05) is 37.3 Å². The summed E-state index contributed by atoms with van der Waals surface area (Å²) < 4.78 is 5.11. The highest BCUT2D eigenvalue weighted by Crippen LogP contribution is 2.55. The summed E-state index contributed by atoms with van der Waals surface area (Å²) in [5.74, 6) is 2.56. The second-order valence-electron chi connectivity index (χ2n) is 10.5. The summed E-state index contributed by atoms with van der Waals surface area (Å²) in [6.45, 7) is 1.42. The molecule has 2 heterocycles. The fraction of sp³-hybridized carbons (Fsp3) is 0.909. The number of thiocarbonyl (C=S) groups is 1. The highest BCUT2D eigenvalue weighted by molar-refractivity contribution is 7.80. The van der Waals surface area contributed by atoms with Crippen LogP contribution in [-0.2, 0) is 4.74 Å². The Hall–Kier alpha value is -1.08. The molecule has 0 radical (unpaired) electrons. The number of hydrogen-bond donors (Lipinski definition) is 3. The summed E-state index contributed by atoms with van der Waals surface area (Å²) in [6, 6.07) is 1.23. The molecule has 6 aliphatic rings. The molecular formula is C22H36N4O2S. The van der Waals surface area contributed by atoms with Crippen LogP contribution in [0.25, 0.3) is 0 Å². The Balaban J connectivity index is 1.14. The summed E-state index contributed by atoms with van der Waals surface area (Å²) in [7, 11) is 1.71. The number of nitrogens with zero attached hydrogens (tertiary/aromatic N) is 1. The lowest BCUT2D eigenvalue weighted by Gasteiger charge is -2.56. The molecule has 162 valence electrons. The Bertz CT molecular complexity index is 607. The van der Waals surface area contributed by atoms with E-state index < -0.39 is 0 Å². The number of amides is 2. The van der Waals surface area contributed by atoms with Crippen molar-refractivity contribution < 1.29 is 9.53 Å². The number of nitrogens with one attached hydrogen (secondary N) is 3. The molecule has 0 aromatic carbocycles. The minimum absolute atomic E-state index is 0.0746. The number of urea groups is 1.